The number of rotatable bonds is 8. The molecule has 11 heteroatoms. The second-order valence-corrected chi connectivity index (χ2v) is 9.89. The Kier molecular flexibility index (Phi) is 7.02. The fourth-order valence-electron chi connectivity index (χ4n) is 4.90. The summed E-state index contributed by atoms with van der Waals surface area (Å²) in [6, 6.07) is 6.20. The Balaban J connectivity index is 1.27. The van der Waals surface area contributed by atoms with Crippen molar-refractivity contribution in [3.8, 4) is 5.88 Å². The Morgan fingerprint density at radius 1 is 1.22 bits per heavy atom. The fraction of sp³-hybridized carbons (Fsp3) is 0.462. The number of hydrogen-bond acceptors (Lipinski definition) is 10. The number of hydrogen-bond donors (Lipinski definition) is 1. The van der Waals surface area contributed by atoms with Crippen molar-refractivity contribution in [2.75, 3.05) is 18.0 Å². The summed E-state index contributed by atoms with van der Waals surface area (Å²) in [5.41, 5.74) is 6.52. The van der Waals surface area contributed by atoms with Gasteiger partial charge in [-0.05, 0) is 55.7 Å². The van der Waals surface area contributed by atoms with Crippen LogP contribution in [0, 0.1) is 10.1 Å². The van der Waals surface area contributed by atoms with Crippen LogP contribution in [-0.2, 0) is 12.8 Å². The standard InChI is InChI=1S/C26H31N7O4/c1-16(2)23-29-25(36-31-23)19-10-12-32(13-11-19)24-22(33(34)35)26(28-15-27-24)37-30-17(3)20-9-8-18-6-4-5-7-21(18)14-20/h8-9,14-16,19,30H,3-7,10-13H2,1-2H3. The van der Waals surface area contributed by atoms with Gasteiger partial charge in [0.1, 0.15) is 6.33 Å². The van der Waals surface area contributed by atoms with Crippen LogP contribution in [0.15, 0.2) is 35.6 Å². The molecule has 0 unspecified atom stereocenters. The van der Waals surface area contributed by atoms with Crippen molar-refractivity contribution in [2.45, 2.75) is 64.2 Å². The average Bonchev–Trinajstić information content (AvgIpc) is 3.42. The van der Waals surface area contributed by atoms with Gasteiger partial charge in [0.2, 0.25) is 11.7 Å². The van der Waals surface area contributed by atoms with E-state index in [1.165, 1.54) is 30.3 Å². The molecule has 0 saturated carbocycles. The van der Waals surface area contributed by atoms with Crippen molar-refractivity contribution in [1.29, 1.82) is 0 Å². The van der Waals surface area contributed by atoms with Crippen LogP contribution in [0.3, 0.4) is 0 Å². The third-order valence-corrected chi connectivity index (χ3v) is 7.04. The Bertz CT molecular complexity index is 1300. The first-order chi connectivity index (χ1) is 17.9. The van der Waals surface area contributed by atoms with E-state index in [1.807, 2.05) is 24.8 Å². The summed E-state index contributed by atoms with van der Waals surface area (Å²) < 4.78 is 5.46. The summed E-state index contributed by atoms with van der Waals surface area (Å²) in [6.45, 7) is 9.18. The zero-order chi connectivity index (χ0) is 25.9. The van der Waals surface area contributed by atoms with E-state index >= 15 is 0 Å². The number of anilines is 1. The molecule has 0 spiro atoms. The smallest absolute Gasteiger partial charge is 0.354 e. The van der Waals surface area contributed by atoms with E-state index < -0.39 is 4.92 Å². The van der Waals surface area contributed by atoms with Gasteiger partial charge in [-0.3, -0.25) is 10.1 Å². The monoisotopic (exact) mass is 505 g/mol. The van der Waals surface area contributed by atoms with Gasteiger partial charge in [0.05, 0.1) is 10.6 Å². The van der Waals surface area contributed by atoms with Gasteiger partial charge < -0.3 is 14.3 Å². The van der Waals surface area contributed by atoms with Crippen LogP contribution in [0.4, 0.5) is 11.5 Å². The minimum atomic E-state index is -0.507. The largest absolute Gasteiger partial charge is 0.375 e. The van der Waals surface area contributed by atoms with Crippen molar-refractivity contribution in [1.82, 2.24) is 25.6 Å². The molecule has 1 aromatic carbocycles. The number of hydroxylamine groups is 1. The lowest BCUT2D eigenvalue weighted by atomic mass is 9.90. The normalized spacial score (nSPS) is 15.9. The molecule has 0 amide bonds. The van der Waals surface area contributed by atoms with Gasteiger partial charge in [-0.15, -0.1) is 0 Å². The summed E-state index contributed by atoms with van der Waals surface area (Å²) in [4.78, 5) is 31.8. The predicted molar refractivity (Wildman–Crippen MR) is 137 cm³/mol. The molecule has 3 heterocycles. The minimum Gasteiger partial charge on any atom is -0.354 e. The Morgan fingerprint density at radius 2 is 1.97 bits per heavy atom. The number of fused-ring (bicyclic) bond motifs is 1. The molecule has 1 saturated heterocycles. The van der Waals surface area contributed by atoms with Crippen molar-refractivity contribution >= 4 is 17.2 Å². The molecule has 11 nitrogen and oxygen atoms in total. The van der Waals surface area contributed by atoms with E-state index in [4.69, 9.17) is 9.36 Å². The lowest BCUT2D eigenvalue weighted by Crippen LogP contribution is -2.34. The predicted octanol–water partition coefficient (Wildman–Crippen LogP) is 4.71. The maximum atomic E-state index is 12.0. The van der Waals surface area contributed by atoms with Gasteiger partial charge in [0, 0.05) is 30.5 Å². The summed E-state index contributed by atoms with van der Waals surface area (Å²) in [6.07, 6.45) is 7.22. The molecule has 1 aliphatic carbocycles. The van der Waals surface area contributed by atoms with E-state index in [1.54, 1.807) is 0 Å². The first-order valence-electron chi connectivity index (χ1n) is 12.7. The maximum absolute atomic E-state index is 12.0. The number of nitrogens with zero attached hydrogens (tertiary/aromatic N) is 6. The topological polar surface area (TPSA) is 132 Å². The molecule has 1 N–H and O–H groups in total. The molecule has 2 aromatic heterocycles. The molecule has 1 fully saturated rings. The van der Waals surface area contributed by atoms with E-state index in [0.29, 0.717) is 43.3 Å². The number of benzene rings is 1. The van der Waals surface area contributed by atoms with Gasteiger partial charge in [0.25, 0.3) is 0 Å². The molecule has 37 heavy (non-hydrogen) atoms. The second kappa shape index (κ2) is 10.5. The summed E-state index contributed by atoms with van der Waals surface area (Å²) >= 11 is 0. The van der Waals surface area contributed by atoms with E-state index in [2.05, 4.69) is 44.3 Å². The lowest BCUT2D eigenvalue weighted by Gasteiger charge is -2.30. The summed E-state index contributed by atoms with van der Waals surface area (Å²) in [5, 5.41) is 16.1. The first kappa shape index (κ1) is 24.7. The molecule has 0 radical (unpaired) electrons. The highest BCUT2D eigenvalue weighted by atomic mass is 16.7. The molecule has 2 aliphatic rings. The van der Waals surface area contributed by atoms with Crippen LogP contribution in [0.1, 0.15) is 79.8 Å². The highest BCUT2D eigenvalue weighted by Gasteiger charge is 2.33. The van der Waals surface area contributed by atoms with Crippen LogP contribution in [0.5, 0.6) is 5.88 Å². The Morgan fingerprint density at radius 3 is 2.68 bits per heavy atom. The summed E-state index contributed by atoms with van der Waals surface area (Å²) in [7, 11) is 0. The van der Waals surface area contributed by atoms with E-state index in [-0.39, 0.29) is 29.2 Å². The Hall–Kier alpha value is -4.02. The summed E-state index contributed by atoms with van der Waals surface area (Å²) in [5.74, 6) is 1.67. The fourth-order valence-corrected chi connectivity index (χ4v) is 4.90. The number of nitrogens with one attached hydrogen (secondary N) is 1. The van der Waals surface area contributed by atoms with Crippen molar-refractivity contribution < 1.29 is 14.3 Å². The van der Waals surface area contributed by atoms with Crippen LogP contribution in [-0.4, -0.2) is 38.1 Å². The molecule has 0 atom stereocenters. The molecule has 194 valence electrons. The quantitative estimate of drug-likeness (QED) is 0.339. The van der Waals surface area contributed by atoms with Crippen LogP contribution >= 0.6 is 0 Å². The van der Waals surface area contributed by atoms with E-state index in [0.717, 1.165) is 18.4 Å². The molecule has 3 aromatic rings. The number of aromatic nitrogens is 4. The van der Waals surface area contributed by atoms with Crippen LogP contribution in [0.25, 0.3) is 5.70 Å². The zero-order valence-electron chi connectivity index (χ0n) is 21.1. The molecule has 5 rings (SSSR count). The van der Waals surface area contributed by atoms with Gasteiger partial charge in [-0.25, -0.2) is 10.5 Å². The molecular formula is C26H31N7O4. The third-order valence-electron chi connectivity index (χ3n) is 7.04. The van der Waals surface area contributed by atoms with E-state index in [9.17, 15) is 10.1 Å². The van der Waals surface area contributed by atoms with Crippen molar-refractivity contribution in [3.63, 3.8) is 0 Å². The first-order valence-corrected chi connectivity index (χ1v) is 12.7. The Labute approximate surface area is 215 Å². The maximum Gasteiger partial charge on any atom is 0.375 e. The second-order valence-electron chi connectivity index (χ2n) is 9.89. The van der Waals surface area contributed by atoms with Crippen molar-refractivity contribution in [3.05, 3.63) is 69.6 Å². The SMILES string of the molecule is C=C(NOc1ncnc(N2CCC(c3nc(C(C)C)no3)CC2)c1[N+](=O)[O-])c1ccc2c(c1)CCCC2. The van der Waals surface area contributed by atoms with Crippen LogP contribution < -0.4 is 15.2 Å². The number of piperidine rings is 1. The molecular weight excluding hydrogens is 474 g/mol. The molecule has 0 bridgehead atoms. The number of aryl methyl sites for hydroxylation is 2. The van der Waals surface area contributed by atoms with Crippen LogP contribution in [0.2, 0.25) is 0 Å². The lowest BCUT2D eigenvalue weighted by molar-refractivity contribution is -0.385. The zero-order valence-corrected chi connectivity index (χ0v) is 21.1. The highest BCUT2D eigenvalue weighted by molar-refractivity contribution is 5.65. The van der Waals surface area contributed by atoms with Gasteiger partial charge >= 0.3 is 11.6 Å². The highest BCUT2D eigenvalue weighted by Crippen LogP contribution is 2.37. The molecule has 1 aliphatic heterocycles. The van der Waals surface area contributed by atoms with Gasteiger partial charge in [-0.1, -0.05) is 37.7 Å². The van der Waals surface area contributed by atoms with Gasteiger partial charge in [0.15, 0.2) is 5.82 Å². The third kappa shape index (κ3) is 5.25. The van der Waals surface area contributed by atoms with Gasteiger partial charge in [-0.2, -0.15) is 9.97 Å². The number of nitro groups is 1. The minimum absolute atomic E-state index is 0.106. The van der Waals surface area contributed by atoms with Crippen molar-refractivity contribution in [2.24, 2.45) is 0 Å². The average molecular weight is 506 g/mol.